The van der Waals surface area contributed by atoms with Crippen LogP contribution in [0.15, 0.2) is 59.7 Å². The molecule has 2 aromatic carbocycles. The van der Waals surface area contributed by atoms with Crippen LogP contribution in [0.5, 0.6) is 5.75 Å². The van der Waals surface area contributed by atoms with E-state index >= 15 is 0 Å². The molecule has 0 aliphatic heterocycles. The lowest BCUT2D eigenvalue weighted by Crippen LogP contribution is -2.32. The highest BCUT2D eigenvalue weighted by atomic mass is 16.5. The molecule has 1 N–H and O–H groups in total. The van der Waals surface area contributed by atoms with Crippen molar-refractivity contribution in [2.24, 2.45) is 0 Å². The zero-order valence-corrected chi connectivity index (χ0v) is 14.2. The highest BCUT2D eigenvalue weighted by Crippen LogP contribution is 2.15. The number of nitrogens with zero attached hydrogens (tertiary/aromatic N) is 2. The quantitative estimate of drug-likeness (QED) is 0.727. The third-order valence-corrected chi connectivity index (χ3v) is 3.75. The number of fused-ring (bicyclic) bond motifs is 1. The summed E-state index contributed by atoms with van der Waals surface area (Å²) in [6, 6.07) is 14.4. The lowest BCUT2D eigenvalue weighted by molar-refractivity contribution is -0.121. The van der Waals surface area contributed by atoms with Crippen LogP contribution in [0.1, 0.15) is 5.56 Å². The fraction of sp³-hybridized carbons (Fsp3) is 0.150. The van der Waals surface area contributed by atoms with Crippen LogP contribution in [0, 0.1) is 11.8 Å². The van der Waals surface area contributed by atoms with Crippen LogP contribution in [-0.2, 0) is 11.3 Å². The SMILES string of the molecule is COc1ccccc1C#CCNC(=O)Cn1cnc2ccccc2c1=O. The Balaban J connectivity index is 1.63. The number of ether oxygens (including phenoxy) is 1. The molecule has 1 heterocycles. The normalized spacial score (nSPS) is 10.0. The first-order valence-corrected chi connectivity index (χ1v) is 8.02. The minimum Gasteiger partial charge on any atom is -0.495 e. The van der Waals surface area contributed by atoms with E-state index in [-0.39, 0.29) is 24.6 Å². The first-order chi connectivity index (χ1) is 12.7. The molecular formula is C20H17N3O3. The minimum absolute atomic E-state index is 0.104. The molecule has 0 bridgehead atoms. The first-order valence-electron chi connectivity index (χ1n) is 8.02. The molecule has 0 unspecified atom stereocenters. The Morgan fingerprint density at radius 1 is 1.19 bits per heavy atom. The van der Waals surface area contributed by atoms with Gasteiger partial charge in [0.15, 0.2) is 0 Å². The van der Waals surface area contributed by atoms with E-state index in [9.17, 15) is 9.59 Å². The topological polar surface area (TPSA) is 73.2 Å². The highest BCUT2D eigenvalue weighted by Gasteiger charge is 2.07. The van der Waals surface area contributed by atoms with Crippen molar-refractivity contribution in [3.63, 3.8) is 0 Å². The molecular weight excluding hydrogens is 330 g/mol. The zero-order chi connectivity index (χ0) is 18.4. The zero-order valence-electron chi connectivity index (χ0n) is 14.2. The van der Waals surface area contributed by atoms with Crippen LogP contribution in [0.4, 0.5) is 0 Å². The van der Waals surface area contributed by atoms with Gasteiger partial charge >= 0.3 is 0 Å². The van der Waals surface area contributed by atoms with Gasteiger partial charge in [0.05, 0.1) is 36.4 Å². The second kappa shape index (κ2) is 7.99. The van der Waals surface area contributed by atoms with E-state index in [1.807, 2.05) is 30.3 Å². The summed E-state index contributed by atoms with van der Waals surface area (Å²) in [6.07, 6.45) is 1.38. The minimum atomic E-state index is -0.307. The predicted molar refractivity (Wildman–Crippen MR) is 98.9 cm³/mol. The molecule has 0 spiro atoms. The molecule has 1 aromatic heterocycles. The number of benzene rings is 2. The monoisotopic (exact) mass is 347 g/mol. The van der Waals surface area contributed by atoms with Gasteiger partial charge in [-0.15, -0.1) is 0 Å². The van der Waals surface area contributed by atoms with Crippen LogP contribution in [0.3, 0.4) is 0 Å². The molecule has 3 rings (SSSR count). The van der Waals surface area contributed by atoms with Gasteiger partial charge in [0, 0.05) is 0 Å². The number of hydrogen-bond acceptors (Lipinski definition) is 4. The number of aromatic nitrogens is 2. The van der Waals surface area contributed by atoms with Crippen molar-refractivity contribution in [2.75, 3.05) is 13.7 Å². The van der Waals surface area contributed by atoms with Gasteiger partial charge in [0.1, 0.15) is 12.3 Å². The molecule has 0 atom stereocenters. The third-order valence-electron chi connectivity index (χ3n) is 3.75. The average Bonchev–Trinajstić information content (AvgIpc) is 2.68. The second-order valence-corrected chi connectivity index (χ2v) is 5.47. The molecule has 130 valence electrons. The van der Waals surface area contributed by atoms with E-state index in [1.165, 1.54) is 10.9 Å². The van der Waals surface area contributed by atoms with E-state index in [2.05, 4.69) is 22.1 Å². The summed E-state index contributed by atoms with van der Waals surface area (Å²) in [5, 5.41) is 3.16. The lowest BCUT2D eigenvalue weighted by atomic mass is 10.2. The molecule has 0 saturated heterocycles. The molecule has 6 heteroatoms. The molecule has 0 saturated carbocycles. The second-order valence-electron chi connectivity index (χ2n) is 5.47. The Bertz CT molecular complexity index is 1060. The van der Waals surface area contributed by atoms with Crippen molar-refractivity contribution in [2.45, 2.75) is 6.54 Å². The van der Waals surface area contributed by atoms with E-state index < -0.39 is 0 Å². The number of para-hydroxylation sites is 2. The van der Waals surface area contributed by atoms with Crippen molar-refractivity contribution in [1.82, 2.24) is 14.9 Å². The molecule has 26 heavy (non-hydrogen) atoms. The standard InChI is InChI=1S/C20H17N3O3/c1-26-18-11-5-2-7-15(18)8-6-12-21-19(24)13-23-14-22-17-10-4-3-9-16(17)20(23)25/h2-5,7,9-11,14H,12-13H2,1H3,(H,21,24). The fourth-order valence-electron chi connectivity index (χ4n) is 2.46. The van der Waals surface area contributed by atoms with E-state index in [1.54, 1.807) is 25.3 Å². The molecule has 6 nitrogen and oxygen atoms in total. The van der Waals surface area contributed by atoms with Crippen LogP contribution < -0.4 is 15.6 Å². The van der Waals surface area contributed by atoms with Crippen molar-refractivity contribution in [3.05, 3.63) is 70.8 Å². The summed E-state index contributed by atoms with van der Waals surface area (Å²) in [6.45, 7) is 0.0691. The predicted octanol–water partition coefficient (Wildman–Crippen LogP) is 1.57. The van der Waals surface area contributed by atoms with E-state index in [0.717, 1.165) is 5.56 Å². The summed E-state index contributed by atoms with van der Waals surface area (Å²) in [5.74, 6) is 6.19. The molecule has 0 aliphatic carbocycles. The fourth-order valence-corrected chi connectivity index (χ4v) is 2.46. The van der Waals surface area contributed by atoms with Crippen LogP contribution in [-0.4, -0.2) is 29.1 Å². The van der Waals surface area contributed by atoms with Crippen LogP contribution in [0.25, 0.3) is 10.9 Å². The molecule has 0 fully saturated rings. The Morgan fingerprint density at radius 2 is 1.96 bits per heavy atom. The van der Waals surface area contributed by atoms with Gasteiger partial charge in [-0.05, 0) is 24.3 Å². The van der Waals surface area contributed by atoms with Gasteiger partial charge in [-0.1, -0.05) is 36.1 Å². The maximum atomic E-state index is 12.4. The molecule has 0 aliphatic rings. The largest absolute Gasteiger partial charge is 0.495 e. The summed E-state index contributed by atoms with van der Waals surface area (Å²) in [4.78, 5) is 28.6. The number of methoxy groups -OCH3 is 1. The first kappa shape index (κ1) is 17.2. The molecule has 1 amide bonds. The van der Waals surface area contributed by atoms with Gasteiger partial charge in [-0.25, -0.2) is 4.98 Å². The van der Waals surface area contributed by atoms with Crippen LogP contribution >= 0.6 is 0 Å². The Kier molecular flexibility index (Phi) is 5.30. The smallest absolute Gasteiger partial charge is 0.261 e. The Hall–Kier alpha value is -3.59. The average molecular weight is 347 g/mol. The number of carbonyl (C=O) groups is 1. The van der Waals surface area contributed by atoms with Crippen molar-refractivity contribution in [1.29, 1.82) is 0 Å². The number of amides is 1. The maximum absolute atomic E-state index is 12.4. The number of nitrogens with one attached hydrogen (secondary N) is 1. The summed E-state index contributed by atoms with van der Waals surface area (Å²) >= 11 is 0. The van der Waals surface area contributed by atoms with Gasteiger partial charge in [-0.3, -0.25) is 14.2 Å². The van der Waals surface area contributed by atoms with E-state index in [4.69, 9.17) is 4.74 Å². The summed E-state index contributed by atoms with van der Waals surface area (Å²) in [5.41, 5.74) is 1.11. The van der Waals surface area contributed by atoms with Gasteiger partial charge < -0.3 is 10.1 Å². The summed E-state index contributed by atoms with van der Waals surface area (Å²) in [7, 11) is 1.58. The van der Waals surface area contributed by atoms with E-state index in [0.29, 0.717) is 16.7 Å². The molecule has 0 radical (unpaired) electrons. The lowest BCUT2D eigenvalue weighted by Gasteiger charge is -2.06. The highest BCUT2D eigenvalue weighted by molar-refractivity contribution is 5.79. The third kappa shape index (κ3) is 3.90. The van der Waals surface area contributed by atoms with Gasteiger partial charge in [0.2, 0.25) is 5.91 Å². The maximum Gasteiger partial charge on any atom is 0.261 e. The number of carbonyl (C=O) groups excluding carboxylic acids is 1. The summed E-state index contributed by atoms with van der Waals surface area (Å²) < 4.78 is 6.50. The van der Waals surface area contributed by atoms with Crippen molar-refractivity contribution in [3.8, 4) is 17.6 Å². The Labute approximate surface area is 150 Å². The molecule has 3 aromatic rings. The number of hydrogen-bond donors (Lipinski definition) is 1. The Morgan fingerprint density at radius 3 is 2.81 bits per heavy atom. The van der Waals surface area contributed by atoms with Crippen molar-refractivity contribution < 1.29 is 9.53 Å². The van der Waals surface area contributed by atoms with Crippen LogP contribution in [0.2, 0.25) is 0 Å². The van der Waals surface area contributed by atoms with Crippen molar-refractivity contribution >= 4 is 16.8 Å². The van der Waals surface area contributed by atoms with Gasteiger partial charge in [-0.2, -0.15) is 0 Å². The van der Waals surface area contributed by atoms with Gasteiger partial charge in [0.25, 0.3) is 5.56 Å². The number of rotatable bonds is 4.